The van der Waals surface area contributed by atoms with E-state index in [-0.39, 0.29) is 5.97 Å². The molecule has 1 atom stereocenters. The minimum absolute atomic E-state index is 0.336. The van der Waals surface area contributed by atoms with E-state index in [0.29, 0.717) is 30.6 Å². The van der Waals surface area contributed by atoms with Crippen molar-refractivity contribution < 1.29 is 14.1 Å². The van der Waals surface area contributed by atoms with Crippen molar-refractivity contribution in [1.82, 2.24) is 10.1 Å². The molecule has 0 aliphatic heterocycles. The molecule has 7 heteroatoms. The Morgan fingerprint density at radius 3 is 3.11 bits per heavy atom. The molecule has 2 rings (SSSR count). The minimum Gasteiger partial charge on any atom is -0.465 e. The van der Waals surface area contributed by atoms with Crippen molar-refractivity contribution in [1.29, 1.82) is 0 Å². The Bertz CT molecular complexity index is 420. The van der Waals surface area contributed by atoms with E-state index in [1.54, 1.807) is 18.7 Å². The maximum atomic E-state index is 11.3. The number of carbonyl (C=O) groups excluding carboxylic acids is 1. The number of hydrogen-bond acceptors (Lipinski definition) is 7. The lowest BCUT2D eigenvalue weighted by Crippen LogP contribution is -2.32. The number of nitrogens with two attached hydrogens (primary N) is 1. The van der Waals surface area contributed by atoms with Gasteiger partial charge in [-0.05, 0) is 31.9 Å². The molecule has 0 radical (unpaired) electrons. The Labute approximate surface area is 116 Å². The summed E-state index contributed by atoms with van der Waals surface area (Å²) in [6.07, 6.45) is 2.92. The van der Waals surface area contributed by atoms with Gasteiger partial charge in [-0.1, -0.05) is 5.16 Å². The van der Waals surface area contributed by atoms with E-state index in [4.69, 9.17) is 15.0 Å². The van der Waals surface area contributed by atoms with Gasteiger partial charge in [0, 0.05) is 5.92 Å². The van der Waals surface area contributed by atoms with Gasteiger partial charge >= 0.3 is 5.97 Å². The Balaban J connectivity index is 1.61. The van der Waals surface area contributed by atoms with Gasteiger partial charge in [0.1, 0.15) is 6.04 Å². The SMILES string of the molecule is CCOC(=O)C(N)CCSCc1nc(C2CC2)no1. The fourth-order valence-corrected chi connectivity index (χ4v) is 2.43. The van der Waals surface area contributed by atoms with E-state index in [0.717, 1.165) is 11.6 Å². The van der Waals surface area contributed by atoms with Gasteiger partial charge in [-0.15, -0.1) is 0 Å². The van der Waals surface area contributed by atoms with Crippen molar-refractivity contribution >= 4 is 17.7 Å². The number of carbonyl (C=O) groups is 1. The molecule has 1 aromatic heterocycles. The molecular formula is C12H19N3O3S. The first kappa shape index (κ1) is 14.3. The van der Waals surface area contributed by atoms with E-state index in [9.17, 15) is 4.79 Å². The average molecular weight is 285 g/mol. The summed E-state index contributed by atoms with van der Waals surface area (Å²) in [5.41, 5.74) is 5.70. The molecular weight excluding hydrogens is 266 g/mol. The maximum Gasteiger partial charge on any atom is 0.322 e. The van der Waals surface area contributed by atoms with E-state index < -0.39 is 6.04 Å². The molecule has 1 unspecified atom stereocenters. The van der Waals surface area contributed by atoms with Crippen LogP contribution >= 0.6 is 11.8 Å². The summed E-state index contributed by atoms with van der Waals surface area (Å²) in [5.74, 6) is 3.09. The number of hydrogen-bond donors (Lipinski definition) is 1. The lowest BCUT2D eigenvalue weighted by molar-refractivity contribution is -0.144. The van der Waals surface area contributed by atoms with Crippen LogP contribution in [-0.2, 0) is 15.3 Å². The monoisotopic (exact) mass is 285 g/mol. The van der Waals surface area contributed by atoms with Gasteiger partial charge in [-0.2, -0.15) is 16.7 Å². The minimum atomic E-state index is -0.544. The Morgan fingerprint density at radius 1 is 1.63 bits per heavy atom. The first-order valence-corrected chi connectivity index (χ1v) is 7.68. The van der Waals surface area contributed by atoms with Gasteiger partial charge in [0.05, 0.1) is 12.4 Å². The molecule has 0 bridgehead atoms. The molecule has 2 N–H and O–H groups in total. The second-order valence-electron chi connectivity index (χ2n) is 4.52. The molecule has 0 spiro atoms. The van der Waals surface area contributed by atoms with Crippen molar-refractivity contribution in [2.45, 2.75) is 43.9 Å². The molecule has 1 saturated carbocycles. The van der Waals surface area contributed by atoms with Crippen LogP contribution in [0.25, 0.3) is 0 Å². The van der Waals surface area contributed by atoms with Gasteiger partial charge in [-0.25, -0.2) is 0 Å². The fourth-order valence-electron chi connectivity index (χ4n) is 1.57. The van der Waals surface area contributed by atoms with E-state index in [2.05, 4.69) is 10.1 Å². The Morgan fingerprint density at radius 2 is 2.42 bits per heavy atom. The Hall–Kier alpha value is -1.08. The molecule has 1 aromatic rings. The summed E-state index contributed by atoms with van der Waals surface area (Å²) < 4.78 is 10.00. The summed E-state index contributed by atoms with van der Waals surface area (Å²) >= 11 is 1.63. The normalized spacial score (nSPS) is 16.3. The summed E-state index contributed by atoms with van der Waals surface area (Å²) in [7, 11) is 0. The largest absolute Gasteiger partial charge is 0.465 e. The predicted octanol–water partition coefficient (Wildman–Crippen LogP) is 1.46. The highest BCUT2D eigenvalue weighted by molar-refractivity contribution is 7.98. The van der Waals surface area contributed by atoms with E-state index >= 15 is 0 Å². The molecule has 1 aliphatic rings. The van der Waals surface area contributed by atoms with Crippen LogP contribution in [0.2, 0.25) is 0 Å². The number of ether oxygens (including phenoxy) is 1. The number of thioether (sulfide) groups is 1. The second kappa shape index (κ2) is 6.91. The van der Waals surface area contributed by atoms with Crippen molar-refractivity contribution in [2.24, 2.45) is 5.73 Å². The topological polar surface area (TPSA) is 91.2 Å². The molecule has 0 amide bonds. The molecule has 106 valence electrons. The molecule has 6 nitrogen and oxygen atoms in total. The van der Waals surface area contributed by atoms with Crippen LogP contribution in [0.15, 0.2) is 4.52 Å². The third-order valence-electron chi connectivity index (χ3n) is 2.81. The second-order valence-corrected chi connectivity index (χ2v) is 5.63. The van der Waals surface area contributed by atoms with Crippen LogP contribution in [0.1, 0.15) is 43.8 Å². The van der Waals surface area contributed by atoms with Crippen molar-refractivity contribution in [3.63, 3.8) is 0 Å². The van der Waals surface area contributed by atoms with Crippen LogP contribution in [-0.4, -0.2) is 34.5 Å². The molecule has 1 heterocycles. The maximum absolute atomic E-state index is 11.3. The summed E-state index contributed by atoms with van der Waals surface area (Å²) in [5, 5.41) is 3.95. The van der Waals surface area contributed by atoms with Crippen molar-refractivity contribution in [2.75, 3.05) is 12.4 Å². The first-order valence-electron chi connectivity index (χ1n) is 6.53. The molecule has 1 fully saturated rings. The first-order chi connectivity index (χ1) is 9.20. The standard InChI is InChI=1S/C12H19N3O3S/c1-2-17-12(16)9(13)5-6-19-7-10-14-11(15-18-10)8-3-4-8/h8-9H,2-7,13H2,1H3. The van der Waals surface area contributed by atoms with Crippen LogP contribution in [0, 0.1) is 0 Å². The summed E-state index contributed by atoms with van der Waals surface area (Å²) in [4.78, 5) is 15.6. The number of rotatable bonds is 8. The molecule has 1 aliphatic carbocycles. The van der Waals surface area contributed by atoms with Crippen LogP contribution in [0.3, 0.4) is 0 Å². The van der Waals surface area contributed by atoms with Crippen LogP contribution in [0.5, 0.6) is 0 Å². The zero-order valence-corrected chi connectivity index (χ0v) is 11.8. The molecule has 0 saturated heterocycles. The number of nitrogens with zero attached hydrogens (tertiary/aromatic N) is 2. The highest BCUT2D eigenvalue weighted by atomic mass is 32.2. The van der Waals surface area contributed by atoms with Gasteiger partial charge < -0.3 is 15.0 Å². The number of esters is 1. The Kier molecular flexibility index (Phi) is 5.21. The highest BCUT2D eigenvalue weighted by Crippen LogP contribution is 2.38. The smallest absolute Gasteiger partial charge is 0.322 e. The van der Waals surface area contributed by atoms with Crippen LogP contribution < -0.4 is 5.73 Å². The van der Waals surface area contributed by atoms with Gasteiger partial charge in [0.2, 0.25) is 5.89 Å². The van der Waals surface area contributed by atoms with Crippen molar-refractivity contribution in [3.8, 4) is 0 Å². The van der Waals surface area contributed by atoms with Gasteiger partial charge in [0.15, 0.2) is 5.82 Å². The summed E-state index contributed by atoms with van der Waals surface area (Å²) in [6, 6.07) is -0.544. The fraction of sp³-hybridized carbons (Fsp3) is 0.750. The van der Waals surface area contributed by atoms with Crippen molar-refractivity contribution in [3.05, 3.63) is 11.7 Å². The third-order valence-corrected chi connectivity index (χ3v) is 3.79. The molecule has 19 heavy (non-hydrogen) atoms. The number of aromatic nitrogens is 2. The lowest BCUT2D eigenvalue weighted by atomic mass is 10.2. The summed E-state index contributed by atoms with van der Waals surface area (Å²) in [6.45, 7) is 2.14. The predicted molar refractivity (Wildman–Crippen MR) is 71.7 cm³/mol. The highest BCUT2D eigenvalue weighted by Gasteiger charge is 2.28. The van der Waals surface area contributed by atoms with Gasteiger partial charge in [0.25, 0.3) is 0 Å². The lowest BCUT2D eigenvalue weighted by Gasteiger charge is -2.09. The third kappa shape index (κ3) is 4.50. The quantitative estimate of drug-likeness (QED) is 0.571. The zero-order chi connectivity index (χ0) is 13.7. The van der Waals surface area contributed by atoms with Gasteiger partial charge in [-0.3, -0.25) is 4.79 Å². The van der Waals surface area contributed by atoms with E-state index in [1.165, 1.54) is 12.8 Å². The molecule has 0 aromatic carbocycles. The zero-order valence-electron chi connectivity index (χ0n) is 11.0. The average Bonchev–Trinajstić information content (AvgIpc) is 3.14. The van der Waals surface area contributed by atoms with E-state index in [1.807, 2.05) is 0 Å². The van der Waals surface area contributed by atoms with Crippen LogP contribution in [0.4, 0.5) is 0 Å².